The van der Waals surface area contributed by atoms with Crippen molar-refractivity contribution in [3.05, 3.63) is 59.2 Å². The molecule has 1 heterocycles. The Labute approximate surface area is 138 Å². The van der Waals surface area contributed by atoms with Gasteiger partial charge < -0.3 is 10.2 Å². The van der Waals surface area contributed by atoms with E-state index in [2.05, 4.69) is 68.6 Å². The molecular formula is C20H24N2O. The SMILES string of the molecule is CC(=O)N1c2ccc(C)cc2[C@@H](Nc2ccc(C)cc2)C[C@@H]1C. The van der Waals surface area contributed by atoms with Gasteiger partial charge in [-0.15, -0.1) is 0 Å². The molecule has 0 saturated heterocycles. The number of nitrogens with zero attached hydrogens (tertiary/aromatic N) is 1. The fourth-order valence-electron chi connectivity index (χ4n) is 3.45. The molecule has 3 rings (SSSR count). The van der Waals surface area contributed by atoms with Crippen molar-refractivity contribution in [2.24, 2.45) is 0 Å². The van der Waals surface area contributed by atoms with E-state index in [1.807, 2.05) is 4.90 Å². The summed E-state index contributed by atoms with van der Waals surface area (Å²) in [5, 5.41) is 3.64. The van der Waals surface area contributed by atoms with Crippen LogP contribution in [0.1, 0.15) is 43.0 Å². The van der Waals surface area contributed by atoms with Gasteiger partial charge in [0.15, 0.2) is 0 Å². The van der Waals surface area contributed by atoms with Crippen LogP contribution in [-0.4, -0.2) is 11.9 Å². The summed E-state index contributed by atoms with van der Waals surface area (Å²) < 4.78 is 0. The normalized spacial score (nSPS) is 20.1. The molecule has 120 valence electrons. The molecule has 0 radical (unpaired) electrons. The third-order valence-corrected chi connectivity index (χ3v) is 4.57. The molecule has 0 aliphatic carbocycles. The highest BCUT2D eigenvalue weighted by molar-refractivity contribution is 5.93. The minimum atomic E-state index is 0.108. The number of rotatable bonds is 2. The Kier molecular flexibility index (Phi) is 4.12. The van der Waals surface area contributed by atoms with Gasteiger partial charge in [-0.05, 0) is 51.0 Å². The summed E-state index contributed by atoms with van der Waals surface area (Å²) >= 11 is 0. The molecule has 0 spiro atoms. The van der Waals surface area contributed by atoms with Crippen LogP contribution >= 0.6 is 0 Å². The van der Waals surface area contributed by atoms with Gasteiger partial charge in [0.2, 0.25) is 5.91 Å². The zero-order valence-corrected chi connectivity index (χ0v) is 14.3. The van der Waals surface area contributed by atoms with Gasteiger partial charge >= 0.3 is 0 Å². The van der Waals surface area contributed by atoms with Gasteiger partial charge in [-0.25, -0.2) is 0 Å². The van der Waals surface area contributed by atoms with Crippen LogP contribution in [0.3, 0.4) is 0 Å². The summed E-state index contributed by atoms with van der Waals surface area (Å²) in [6.07, 6.45) is 0.907. The van der Waals surface area contributed by atoms with E-state index in [0.29, 0.717) is 0 Å². The first-order chi connectivity index (χ1) is 11.0. The average molecular weight is 308 g/mol. The summed E-state index contributed by atoms with van der Waals surface area (Å²) in [7, 11) is 0. The number of fused-ring (bicyclic) bond motifs is 1. The molecular weight excluding hydrogens is 284 g/mol. The monoisotopic (exact) mass is 308 g/mol. The fraction of sp³-hybridized carbons (Fsp3) is 0.350. The molecule has 2 aromatic carbocycles. The van der Waals surface area contributed by atoms with Gasteiger partial charge in [-0.2, -0.15) is 0 Å². The number of carbonyl (C=O) groups excluding carboxylic acids is 1. The summed E-state index contributed by atoms with van der Waals surface area (Å²) in [5.41, 5.74) is 5.84. The number of anilines is 2. The van der Waals surface area contributed by atoms with Crippen LogP contribution in [-0.2, 0) is 4.79 Å². The van der Waals surface area contributed by atoms with E-state index in [0.717, 1.165) is 17.8 Å². The number of carbonyl (C=O) groups is 1. The van der Waals surface area contributed by atoms with Crippen molar-refractivity contribution in [2.45, 2.75) is 46.2 Å². The van der Waals surface area contributed by atoms with Crippen molar-refractivity contribution in [2.75, 3.05) is 10.2 Å². The van der Waals surface area contributed by atoms with Gasteiger partial charge in [0.05, 0.1) is 6.04 Å². The Bertz CT molecular complexity index is 721. The molecule has 3 nitrogen and oxygen atoms in total. The minimum Gasteiger partial charge on any atom is -0.378 e. The molecule has 1 N–H and O–H groups in total. The molecule has 0 bridgehead atoms. The van der Waals surface area contributed by atoms with E-state index >= 15 is 0 Å². The van der Waals surface area contributed by atoms with Crippen molar-refractivity contribution in [3.63, 3.8) is 0 Å². The molecule has 0 fully saturated rings. The standard InChI is InChI=1S/C20H24N2O/c1-13-5-8-17(9-6-13)21-19-12-15(3)22(16(4)23)20-10-7-14(2)11-18(19)20/h5-11,15,19,21H,12H2,1-4H3/t15-,19-/m0/s1. The minimum absolute atomic E-state index is 0.108. The smallest absolute Gasteiger partial charge is 0.224 e. The molecule has 0 aromatic heterocycles. The Morgan fingerprint density at radius 2 is 1.74 bits per heavy atom. The van der Waals surface area contributed by atoms with Crippen LogP contribution in [0.25, 0.3) is 0 Å². The van der Waals surface area contributed by atoms with Crippen molar-refractivity contribution in [1.29, 1.82) is 0 Å². The maximum absolute atomic E-state index is 12.1. The molecule has 2 aromatic rings. The third-order valence-electron chi connectivity index (χ3n) is 4.57. The largest absolute Gasteiger partial charge is 0.378 e. The fourth-order valence-corrected chi connectivity index (χ4v) is 3.45. The van der Waals surface area contributed by atoms with E-state index < -0.39 is 0 Å². The zero-order chi connectivity index (χ0) is 16.6. The molecule has 1 aliphatic rings. The summed E-state index contributed by atoms with van der Waals surface area (Å²) in [6, 6.07) is 15.2. The summed E-state index contributed by atoms with van der Waals surface area (Å²) in [4.78, 5) is 14.0. The average Bonchev–Trinajstić information content (AvgIpc) is 2.49. The van der Waals surface area contributed by atoms with Crippen molar-refractivity contribution in [3.8, 4) is 0 Å². The number of nitrogens with one attached hydrogen (secondary N) is 1. The molecule has 0 unspecified atom stereocenters. The van der Waals surface area contributed by atoms with E-state index in [4.69, 9.17) is 0 Å². The Hall–Kier alpha value is -2.29. The van der Waals surface area contributed by atoms with Crippen LogP contribution in [0.4, 0.5) is 11.4 Å². The maximum atomic E-state index is 12.1. The second kappa shape index (κ2) is 6.07. The van der Waals surface area contributed by atoms with Crippen molar-refractivity contribution < 1.29 is 4.79 Å². The first kappa shape index (κ1) is 15.6. The van der Waals surface area contributed by atoms with Crippen LogP contribution in [0, 0.1) is 13.8 Å². The molecule has 2 atom stereocenters. The van der Waals surface area contributed by atoms with E-state index in [-0.39, 0.29) is 18.0 Å². The lowest BCUT2D eigenvalue weighted by Crippen LogP contribution is -2.43. The predicted octanol–water partition coefficient (Wildman–Crippen LogP) is 4.60. The van der Waals surface area contributed by atoms with Gasteiger partial charge in [0, 0.05) is 24.3 Å². The van der Waals surface area contributed by atoms with Gasteiger partial charge in [-0.1, -0.05) is 35.4 Å². The van der Waals surface area contributed by atoms with Crippen molar-refractivity contribution in [1.82, 2.24) is 0 Å². The number of benzene rings is 2. The van der Waals surface area contributed by atoms with E-state index in [1.165, 1.54) is 16.7 Å². The maximum Gasteiger partial charge on any atom is 0.224 e. The second-order valence-corrected chi connectivity index (χ2v) is 6.60. The Balaban J connectivity index is 1.98. The second-order valence-electron chi connectivity index (χ2n) is 6.60. The van der Waals surface area contributed by atoms with Gasteiger partial charge in [0.25, 0.3) is 0 Å². The van der Waals surface area contributed by atoms with Crippen LogP contribution < -0.4 is 10.2 Å². The number of hydrogen-bond donors (Lipinski definition) is 1. The lowest BCUT2D eigenvalue weighted by molar-refractivity contribution is -0.117. The lowest BCUT2D eigenvalue weighted by atomic mass is 9.90. The number of aryl methyl sites for hydroxylation is 2. The highest BCUT2D eigenvalue weighted by Gasteiger charge is 2.32. The van der Waals surface area contributed by atoms with Crippen LogP contribution in [0.2, 0.25) is 0 Å². The van der Waals surface area contributed by atoms with Crippen LogP contribution in [0.15, 0.2) is 42.5 Å². The lowest BCUT2D eigenvalue weighted by Gasteiger charge is -2.39. The molecule has 0 saturated carbocycles. The molecule has 23 heavy (non-hydrogen) atoms. The Morgan fingerprint density at radius 1 is 1.09 bits per heavy atom. The first-order valence-corrected chi connectivity index (χ1v) is 8.19. The van der Waals surface area contributed by atoms with Crippen molar-refractivity contribution >= 4 is 17.3 Å². The third kappa shape index (κ3) is 3.09. The summed E-state index contributed by atoms with van der Waals surface area (Å²) in [5.74, 6) is 0.108. The van der Waals surface area contributed by atoms with Gasteiger partial charge in [0.1, 0.15) is 0 Å². The van der Waals surface area contributed by atoms with E-state index in [9.17, 15) is 4.79 Å². The highest BCUT2D eigenvalue weighted by Crippen LogP contribution is 2.39. The van der Waals surface area contributed by atoms with Gasteiger partial charge in [-0.3, -0.25) is 4.79 Å². The topological polar surface area (TPSA) is 32.3 Å². The molecule has 1 amide bonds. The number of hydrogen-bond acceptors (Lipinski definition) is 2. The Morgan fingerprint density at radius 3 is 2.39 bits per heavy atom. The quantitative estimate of drug-likeness (QED) is 0.879. The molecule has 3 heteroatoms. The predicted molar refractivity (Wildman–Crippen MR) is 96.0 cm³/mol. The first-order valence-electron chi connectivity index (χ1n) is 8.19. The zero-order valence-electron chi connectivity index (χ0n) is 14.3. The number of amides is 1. The summed E-state index contributed by atoms with van der Waals surface area (Å²) in [6.45, 7) is 7.96. The molecule has 1 aliphatic heterocycles. The highest BCUT2D eigenvalue weighted by atomic mass is 16.2. The van der Waals surface area contributed by atoms with E-state index in [1.54, 1.807) is 6.92 Å². The van der Waals surface area contributed by atoms with Crippen LogP contribution in [0.5, 0.6) is 0 Å².